The minimum Gasteiger partial charge on any atom is -1.00 e. The first-order valence-electron chi connectivity index (χ1n) is 7.97. The molecule has 0 atom stereocenters. The number of nitrogens with zero attached hydrogens (tertiary/aromatic N) is 1. The third kappa shape index (κ3) is 4.80. The maximum atomic E-state index is 11.9. The number of hydrogen-bond acceptors (Lipinski definition) is 2. The number of ether oxygens (including phenoxy) is 1. The second kappa shape index (κ2) is 8.97. The van der Waals surface area contributed by atoms with E-state index in [0.717, 1.165) is 33.5 Å². The van der Waals surface area contributed by atoms with Gasteiger partial charge in [-0.2, -0.15) is 4.57 Å². The van der Waals surface area contributed by atoms with Gasteiger partial charge in [-0.1, -0.05) is 41.9 Å². The van der Waals surface area contributed by atoms with Crippen LogP contribution in [0.3, 0.4) is 0 Å². The molecule has 0 radical (unpaired) electrons. The minimum atomic E-state index is -0.227. The van der Waals surface area contributed by atoms with Gasteiger partial charge in [-0.05, 0) is 36.1 Å². The molecule has 0 aliphatic heterocycles. The van der Waals surface area contributed by atoms with Crippen molar-refractivity contribution in [1.82, 2.24) is 0 Å². The Balaban J connectivity index is 0.00000225. The summed E-state index contributed by atoms with van der Waals surface area (Å²) in [5.41, 5.74) is 2.23. The highest BCUT2D eigenvalue weighted by molar-refractivity contribution is 6.30. The molecular weight excluding hydrogens is 402 g/mol. The molecule has 0 aliphatic carbocycles. The summed E-state index contributed by atoms with van der Waals surface area (Å²) in [6.07, 6.45) is 2.67. The van der Waals surface area contributed by atoms with Crippen LogP contribution in [0.25, 0.3) is 10.8 Å². The molecule has 3 aromatic rings. The van der Waals surface area contributed by atoms with Gasteiger partial charge < -0.3 is 21.7 Å². The van der Waals surface area contributed by atoms with Crippen LogP contribution >= 0.6 is 11.6 Å². The molecule has 0 amide bonds. The summed E-state index contributed by atoms with van der Waals surface area (Å²) >= 11 is 5.98. The first kappa shape index (κ1) is 19.4. The quantitative estimate of drug-likeness (QED) is 0.454. The molecule has 25 heavy (non-hydrogen) atoms. The maximum Gasteiger partial charge on any atom is 0.372 e. The third-order valence-electron chi connectivity index (χ3n) is 3.94. The molecule has 3 nitrogen and oxygen atoms in total. The molecule has 0 fully saturated rings. The van der Waals surface area contributed by atoms with Crippen molar-refractivity contribution < 1.29 is 31.1 Å². The van der Waals surface area contributed by atoms with Crippen LogP contribution in [0.4, 0.5) is 0 Å². The van der Waals surface area contributed by atoms with Gasteiger partial charge in [0.25, 0.3) is 0 Å². The molecule has 0 bridgehead atoms. The number of aromatic nitrogens is 1. The fourth-order valence-electron chi connectivity index (χ4n) is 2.81. The smallest absolute Gasteiger partial charge is 0.372 e. The number of fused-ring (bicyclic) bond motifs is 1. The number of benzene rings is 2. The number of halogens is 2. The lowest BCUT2D eigenvalue weighted by atomic mass is 10.0. The molecular formula is C20H19BrClNO2. The Hall–Kier alpha value is -1.91. The van der Waals surface area contributed by atoms with Crippen molar-refractivity contribution in [2.24, 2.45) is 0 Å². The van der Waals surface area contributed by atoms with E-state index in [1.54, 1.807) is 0 Å². The van der Waals surface area contributed by atoms with Gasteiger partial charge in [0.15, 0.2) is 11.9 Å². The van der Waals surface area contributed by atoms with Crippen molar-refractivity contribution in [3.63, 3.8) is 0 Å². The molecule has 0 spiro atoms. The molecule has 1 aromatic heterocycles. The summed E-state index contributed by atoms with van der Waals surface area (Å²) in [6, 6.07) is 18.0. The van der Waals surface area contributed by atoms with Gasteiger partial charge in [-0.3, -0.25) is 0 Å². The number of carbonyl (C=O) groups excluding carboxylic acids is 1. The summed E-state index contributed by atoms with van der Waals surface area (Å²) in [5.74, 6) is -0.227. The number of esters is 1. The van der Waals surface area contributed by atoms with Gasteiger partial charge >= 0.3 is 5.97 Å². The lowest BCUT2D eigenvalue weighted by Crippen LogP contribution is -3.00. The van der Waals surface area contributed by atoms with Crippen LogP contribution in [0.2, 0.25) is 5.02 Å². The molecule has 5 heteroatoms. The fourth-order valence-corrected chi connectivity index (χ4v) is 2.93. The predicted molar refractivity (Wildman–Crippen MR) is 95.0 cm³/mol. The summed E-state index contributed by atoms with van der Waals surface area (Å²) in [7, 11) is 0. The van der Waals surface area contributed by atoms with Gasteiger partial charge in [0.2, 0.25) is 6.54 Å². The van der Waals surface area contributed by atoms with Crippen molar-refractivity contribution in [2.75, 3.05) is 6.61 Å². The van der Waals surface area contributed by atoms with Crippen LogP contribution < -0.4 is 21.5 Å². The van der Waals surface area contributed by atoms with E-state index in [1.165, 1.54) is 0 Å². The zero-order valence-corrected chi connectivity index (χ0v) is 16.3. The van der Waals surface area contributed by atoms with E-state index < -0.39 is 0 Å². The topological polar surface area (TPSA) is 30.2 Å². The number of pyridine rings is 1. The summed E-state index contributed by atoms with van der Waals surface area (Å²) in [5, 5.41) is 3.01. The molecule has 2 aromatic carbocycles. The minimum absolute atomic E-state index is 0. The Kier molecular flexibility index (Phi) is 6.97. The molecule has 3 rings (SSSR count). The average Bonchev–Trinajstić information content (AvgIpc) is 2.59. The average molecular weight is 421 g/mol. The van der Waals surface area contributed by atoms with Gasteiger partial charge in [0.1, 0.15) is 0 Å². The first-order valence-corrected chi connectivity index (χ1v) is 8.35. The number of carbonyl (C=O) groups is 1. The van der Waals surface area contributed by atoms with Gasteiger partial charge in [0, 0.05) is 16.5 Å². The first-order chi connectivity index (χ1) is 11.7. The van der Waals surface area contributed by atoms with Crippen molar-refractivity contribution in [1.29, 1.82) is 0 Å². The van der Waals surface area contributed by atoms with Crippen LogP contribution in [0.5, 0.6) is 0 Å². The van der Waals surface area contributed by atoms with Crippen LogP contribution in [0.1, 0.15) is 18.2 Å². The molecule has 0 unspecified atom stereocenters. The highest BCUT2D eigenvalue weighted by atomic mass is 79.9. The van der Waals surface area contributed by atoms with Gasteiger partial charge in [0.05, 0.1) is 13.0 Å². The Morgan fingerprint density at radius 3 is 2.52 bits per heavy atom. The zero-order chi connectivity index (χ0) is 16.9. The molecule has 1 heterocycles. The number of hydrogen-bond donors (Lipinski definition) is 0. The largest absolute Gasteiger partial charge is 1.00 e. The predicted octanol–water partition coefficient (Wildman–Crippen LogP) is 0.939. The van der Waals surface area contributed by atoms with E-state index in [-0.39, 0.29) is 29.5 Å². The second-order valence-electron chi connectivity index (χ2n) is 5.59. The highest BCUT2D eigenvalue weighted by Gasteiger charge is 2.19. The Morgan fingerprint density at radius 1 is 1.08 bits per heavy atom. The Morgan fingerprint density at radius 2 is 1.80 bits per heavy atom. The normalized spacial score (nSPS) is 10.3. The zero-order valence-electron chi connectivity index (χ0n) is 13.9. The van der Waals surface area contributed by atoms with Crippen LogP contribution in [-0.4, -0.2) is 12.6 Å². The van der Waals surface area contributed by atoms with E-state index in [4.69, 9.17) is 16.3 Å². The molecule has 0 N–H and O–H groups in total. The van der Waals surface area contributed by atoms with Crippen LogP contribution in [0, 0.1) is 0 Å². The molecule has 0 saturated heterocycles. The Bertz CT molecular complexity index is 865. The van der Waals surface area contributed by atoms with Gasteiger partial charge in [-0.25, -0.2) is 4.79 Å². The Labute approximate surface area is 163 Å². The summed E-state index contributed by atoms with van der Waals surface area (Å²) in [4.78, 5) is 11.9. The third-order valence-corrected chi connectivity index (χ3v) is 4.19. The second-order valence-corrected chi connectivity index (χ2v) is 6.02. The van der Waals surface area contributed by atoms with Crippen molar-refractivity contribution in [2.45, 2.75) is 19.9 Å². The fraction of sp³-hybridized carbons (Fsp3) is 0.200. The van der Waals surface area contributed by atoms with Gasteiger partial charge in [-0.15, -0.1) is 0 Å². The monoisotopic (exact) mass is 419 g/mol. The van der Waals surface area contributed by atoms with E-state index >= 15 is 0 Å². The molecule has 0 aliphatic rings. The molecule has 130 valence electrons. The molecule has 0 saturated carbocycles. The van der Waals surface area contributed by atoms with Crippen LogP contribution in [-0.2, 0) is 22.5 Å². The lowest BCUT2D eigenvalue weighted by Gasteiger charge is -2.08. The van der Waals surface area contributed by atoms with Crippen molar-refractivity contribution in [3.05, 3.63) is 77.1 Å². The van der Waals surface area contributed by atoms with E-state index in [9.17, 15) is 4.79 Å². The lowest BCUT2D eigenvalue weighted by molar-refractivity contribution is -0.691. The highest BCUT2D eigenvalue weighted by Crippen LogP contribution is 2.19. The summed E-state index contributed by atoms with van der Waals surface area (Å²) < 4.78 is 7.07. The number of rotatable bonds is 5. The summed E-state index contributed by atoms with van der Waals surface area (Å²) in [6.45, 7) is 2.42. The SMILES string of the molecule is CCOC(=O)C[n+]1ccc2ccccc2c1Cc1ccc(Cl)cc1.[Br-]. The van der Waals surface area contributed by atoms with E-state index in [1.807, 2.05) is 60.2 Å². The maximum absolute atomic E-state index is 11.9. The van der Waals surface area contributed by atoms with Crippen LogP contribution in [0.15, 0.2) is 60.8 Å². The van der Waals surface area contributed by atoms with Crippen molar-refractivity contribution in [3.8, 4) is 0 Å². The standard InChI is InChI=1S/C20H19ClNO2.BrH/c1-2-24-20(23)14-22-12-11-16-5-3-4-6-18(16)19(22)13-15-7-9-17(21)10-8-15;/h3-12H,2,13-14H2,1H3;1H/q+1;/p-1. The van der Waals surface area contributed by atoms with E-state index in [0.29, 0.717) is 6.61 Å². The van der Waals surface area contributed by atoms with Crippen molar-refractivity contribution >= 4 is 28.3 Å². The van der Waals surface area contributed by atoms with E-state index in [2.05, 4.69) is 12.1 Å².